The van der Waals surface area contributed by atoms with Crippen LogP contribution in [0.15, 0.2) is 0 Å². The average molecular weight is 129 g/mol. The highest BCUT2D eigenvalue weighted by Gasteiger charge is 2.16. The zero-order chi connectivity index (χ0) is 6.69. The first kappa shape index (κ1) is 6.71. The number of rotatable bonds is 1. The van der Waals surface area contributed by atoms with Gasteiger partial charge in [0.15, 0.2) is 0 Å². The van der Waals surface area contributed by atoms with E-state index in [-0.39, 0.29) is 12.1 Å². The zero-order valence-electron chi connectivity index (χ0n) is 5.21. The van der Waals surface area contributed by atoms with Crippen molar-refractivity contribution in [1.29, 1.82) is 0 Å². The van der Waals surface area contributed by atoms with Gasteiger partial charge in [0.1, 0.15) is 6.29 Å². The van der Waals surface area contributed by atoms with Gasteiger partial charge in [-0.2, -0.15) is 0 Å². The van der Waals surface area contributed by atoms with E-state index in [1.165, 1.54) is 0 Å². The number of carbonyl (C=O) groups excluding carboxylic acids is 1. The zero-order valence-corrected chi connectivity index (χ0v) is 5.21. The van der Waals surface area contributed by atoms with Crippen LogP contribution < -0.4 is 5.32 Å². The summed E-state index contributed by atoms with van der Waals surface area (Å²) in [4.78, 5) is 10.1. The summed E-state index contributed by atoms with van der Waals surface area (Å²) in [6.07, 6.45) is 2.16. The molecule has 0 aromatic rings. The quantitative estimate of drug-likeness (QED) is 0.460. The van der Waals surface area contributed by atoms with E-state index in [1.807, 2.05) is 0 Å². The van der Waals surface area contributed by atoms with Crippen LogP contribution in [0.1, 0.15) is 12.8 Å². The van der Waals surface area contributed by atoms with Crippen molar-refractivity contribution < 1.29 is 9.90 Å². The molecule has 0 amide bonds. The average Bonchev–Trinajstić information content (AvgIpc) is 1.90. The predicted octanol–water partition coefficient (Wildman–Crippen LogP) is -0.702. The van der Waals surface area contributed by atoms with Crippen LogP contribution in [0.2, 0.25) is 0 Å². The van der Waals surface area contributed by atoms with Gasteiger partial charge in [-0.25, -0.2) is 0 Å². The van der Waals surface area contributed by atoms with E-state index < -0.39 is 0 Å². The van der Waals surface area contributed by atoms with Crippen molar-refractivity contribution in [3.8, 4) is 0 Å². The van der Waals surface area contributed by atoms with Crippen LogP contribution in [0.5, 0.6) is 0 Å². The Morgan fingerprint density at radius 2 is 2.33 bits per heavy atom. The van der Waals surface area contributed by atoms with Crippen molar-refractivity contribution in [3.63, 3.8) is 0 Å². The van der Waals surface area contributed by atoms with Crippen LogP contribution in [-0.4, -0.2) is 30.1 Å². The number of piperidine rings is 1. The van der Waals surface area contributed by atoms with Gasteiger partial charge < -0.3 is 15.2 Å². The van der Waals surface area contributed by atoms with E-state index in [0.29, 0.717) is 6.54 Å². The molecule has 1 rings (SSSR count). The standard InChI is InChI=1S/C6H11NO2/c8-4-5-1-2-6(9)3-7-5/h4-7,9H,1-3H2/t5-,6-/m1/s1. The van der Waals surface area contributed by atoms with Crippen molar-refractivity contribution in [2.24, 2.45) is 0 Å². The molecular weight excluding hydrogens is 118 g/mol. The van der Waals surface area contributed by atoms with Gasteiger partial charge in [-0.15, -0.1) is 0 Å². The normalized spacial score (nSPS) is 36.1. The van der Waals surface area contributed by atoms with Crippen LogP contribution in [0, 0.1) is 0 Å². The van der Waals surface area contributed by atoms with E-state index in [9.17, 15) is 4.79 Å². The van der Waals surface area contributed by atoms with E-state index in [4.69, 9.17) is 5.11 Å². The SMILES string of the molecule is O=C[C@H]1CC[C@@H](O)CN1. The highest BCUT2D eigenvalue weighted by atomic mass is 16.3. The molecule has 52 valence electrons. The molecule has 1 aliphatic rings. The van der Waals surface area contributed by atoms with Gasteiger partial charge in [-0.3, -0.25) is 0 Å². The maximum Gasteiger partial charge on any atom is 0.136 e. The number of carbonyl (C=O) groups is 1. The molecule has 1 saturated heterocycles. The lowest BCUT2D eigenvalue weighted by molar-refractivity contribution is -0.110. The van der Waals surface area contributed by atoms with E-state index in [1.54, 1.807) is 0 Å². The molecule has 0 aromatic carbocycles. The summed E-state index contributed by atoms with van der Waals surface area (Å²) in [7, 11) is 0. The Morgan fingerprint density at radius 3 is 2.78 bits per heavy atom. The molecule has 0 aromatic heterocycles. The summed E-state index contributed by atoms with van der Waals surface area (Å²) in [6.45, 7) is 0.559. The maximum absolute atomic E-state index is 10.1. The minimum atomic E-state index is -0.249. The Balaban J connectivity index is 2.26. The molecule has 9 heavy (non-hydrogen) atoms. The minimum Gasteiger partial charge on any atom is -0.392 e. The number of β-amino-alcohol motifs (C(OH)–C–C–N with tert-alkyl or cyclic N) is 1. The molecule has 3 heteroatoms. The highest BCUT2D eigenvalue weighted by Crippen LogP contribution is 2.05. The van der Waals surface area contributed by atoms with Crippen molar-refractivity contribution in [2.75, 3.05) is 6.54 Å². The monoisotopic (exact) mass is 129 g/mol. The molecule has 0 spiro atoms. The van der Waals surface area contributed by atoms with Crippen molar-refractivity contribution in [2.45, 2.75) is 25.0 Å². The third-order valence-electron chi connectivity index (χ3n) is 1.59. The van der Waals surface area contributed by atoms with E-state index in [0.717, 1.165) is 19.1 Å². The summed E-state index contributed by atoms with van der Waals surface area (Å²) < 4.78 is 0. The lowest BCUT2D eigenvalue weighted by Gasteiger charge is -2.22. The van der Waals surface area contributed by atoms with Crippen LogP contribution in [-0.2, 0) is 4.79 Å². The van der Waals surface area contributed by atoms with Crippen LogP contribution in [0.3, 0.4) is 0 Å². The first-order valence-corrected chi connectivity index (χ1v) is 3.19. The molecule has 1 fully saturated rings. The lowest BCUT2D eigenvalue weighted by atomic mass is 10.0. The second-order valence-corrected chi connectivity index (χ2v) is 2.38. The van der Waals surface area contributed by atoms with Gasteiger partial charge in [0.25, 0.3) is 0 Å². The Labute approximate surface area is 54.1 Å². The number of aldehydes is 1. The number of hydrogen-bond acceptors (Lipinski definition) is 3. The number of aliphatic hydroxyl groups is 1. The van der Waals surface area contributed by atoms with Crippen LogP contribution in [0.25, 0.3) is 0 Å². The summed E-state index contributed by atoms with van der Waals surface area (Å²) in [5, 5.41) is 11.8. The van der Waals surface area contributed by atoms with Crippen molar-refractivity contribution in [1.82, 2.24) is 5.32 Å². The summed E-state index contributed by atoms with van der Waals surface area (Å²) in [5.74, 6) is 0. The molecule has 0 unspecified atom stereocenters. The fourth-order valence-electron chi connectivity index (χ4n) is 0.980. The van der Waals surface area contributed by atoms with Gasteiger partial charge in [0, 0.05) is 6.54 Å². The van der Waals surface area contributed by atoms with Crippen LogP contribution in [0.4, 0.5) is 0 Å². The predicted molar refractivity (Wildman–Crippen MR) is 33.1 cm³/mol. The van der Waals surface area contributed by atoms with Gasteiger partial charge >= 0.3 is 0 Å². The Morgan fingerprint density at radius 1 is 1.56 bits per heavy atom. The summed E-state index contributed by atoms with van der Waals surface area (Å²) in [6, 6.07) is -0.0200. The molecule has 0 radical (unpaired) electrons. The minimum absolute atomic E-state index is 0.0200. The second-order valence-electron chi connectivity index (χ2n) is 2.38. The third kappa shape index (κ3) is 1.77. The number of nitrogens with one attached hydrogen (secondary N) is 1. The first-order valence-electron chi connectivity index (χ1n) is 3.19. The highest BCUT2D eigenvalue weighted by molar-refractivity contribution is 5.57. The topological polar surface area (TPSA) is 49.3 Å². The second kappa shape index (κ2) is 2.94. The molecule has 3 nitrogen and oxygen atoms in total. The number of aliphatic hydroxyl groups excluding tert-OH is 1. The summed E-state index contributed by atoms with van der Waals surface area (Å²) in [5.41, 5.74) is 0. The van der Waals surface area contributed by atoms with Crippen molar-refractivity contribution >= 4 is 6.29 Å². The molecule has 0 bridgehead atoms. The summed E-state index contributed by atoms with van der Waals surface area (Å²) >= 11 is 0. The first-order chi connectivity index (χ1) is 4.33. The van der Waals surface area contributed by atoms with Crippen molar-refractivity contribution in [3.05, 3.63) is 0 Å². The van der Waals surface area contributed by atoms with Gasteiger partial charge in [0.2, 0.25) is 0 Å². The lowest BCUT2D eigenvalue weighted by Crippen LogP contribution is -2.42. The maximum atomic E-state index is 10.1. The van der Waals surface area contributed by atoms with Gasteiger partial charge in [-0.1, -0.05) is 0 Å². The molecule has 0 aliphatic carbocycles. The van der Waals surface area contributed by atoms with E-state index >= 15 is 0 Å². The van der Waals surface area contributed by atoms with Gasteiger partial charge in [0.05, 0.1) is 12.1 Å². The molecular formula is C6H11NO2. The largest absolute Gasteiger partial charge is 0.392 e. The van der Waals surface area contributed by atoms with E-state index in [2.05, 4.69) is 5.32 Å². The Hall–Kier alpha value is -0.410. The van der Waals surface area contributed by atoms with Gasteiger partial charge in [-0.05, 0) is 12.8 Å². The third-order valence-corrected chi connectivity index (χ3v) is 1.59. The Bertz CT molecular complexity index is 97.2. The fourth-order valence-corrected chi connectivity index (χ4v) is 0.980. The molecule has 0 saturated carbocycles. The molecule has 2 atom stereocenters. The molecule has 2 N–H and O–H groups in total. The molecule has 1 aliphatic heterocycles. The smallest absolute Gasteiger partial charge is 0.136 e. The molecule has 1 heterocycles. The fraction of sp³-hybridized carbons (Fsp3) is 0.833. The number of hydrogen-bond donors (Lipinski definition) is 2. The Kier molecular flexibility index (Phi) is 2.19. The van der Waals surface area contributed by atoms with Crippen LogP contribution >= 0.6 is 0 Å².